The second kappa shape index (κ2) is 6.33. The Morgan fingerprint density at radius 2 is 2.35 bits per heavy atom. The number of nitrogens with zero attached hydrogens (tertiary/aromatic N) is 2. The molecule has 0 aliphatic rings. The molecule has 0 saturated carbocycles. The minimum absolute atomic E-state index is 0.268. The number of carboxylic acids is 1. The van der Waals surface area contributed by atoms with Crippen LogP contribution in [-0.4, -0.2) is 26.8 Å². The zero-order chi connectivity index (χ0) is 14.5. The molecule has 1 atom stereocenters. The van der Waals surface area contributed by atoms with Gasteiger partial charge in [-0.2, -0.15) is 5.10 Å². The smallest absolute Gasteiger partial charge is 0.331 e. The van der Waals surface area contributed by atoms with Crippen molar-refractivity contribution in [3.63, 3.8) is 0 Å². The van der Waals surface area contributed by atoms with Crippen LogP contribution >= 0.6 is 11.3 Å². The Labute approximate surface area is 120 Å². The van der Waals surface area contributed by atoms with Crippen LogP contribution in [0.2, 0.25) is 0 Å². The minimum Gasteiger partial charge on any atom is -0.479 e. The maximum absolute atomic E-state index is 11.8. The first-order valence-electron chi connectivity index (χ1n) is 6.09. The summed E-state index contributed by atoms with van der Waals surface area (Å²) in [4.78, 5) is 24.2. The SMILES string of the molecule is Cn1cc(C(NC(=O)CCc2cccs2)C(=O)O)cn1. The molecule has 0 spiro atoms. The third kappa shape index (κ3) is 3.67. The van der Waals surface area contributed by atoms with Gasteiger partial charge in [0.05, 0.1) is 6.20 Å². The molecular weight excluding hydrogens is 278 g/mol. The summed E-state index contributed by atoms with van der Waals surface area (Å²) in [5, 5.41) is 17.6. The molecule has 0 bridgehead atoms. The first-order valence-corrected chi connectivity index (χ1v) is 6.97. The normalized spacial score (nSPS) is 12.1. The minimum atomic E-state index is -1.09. The van der Waals surface area contributed by atoms with Crippen molar-refractivity contribution in [3.8, 4) is 0 Å². The molecule has 1 amide bonds. The fraction of sp³-hybridized carbons (Fsp3) is 0.308. The van der Waals surface area contributed by atoms with Crippen molar-refractivity contribution in [2.24, 2.45) is 7.05 Å². The number of hydrogen-bond acceptors (Lipinski definition) is 4. The molecule has 106 valence electrons. The summed E-state index contributed by atoms with van der Waals surface area (Å²) in [6, 6.07) is 2.82. The number of aliphatic carboxylic acids is 1. The standard InChI is InChI=1S/C13H15N3O3S/c1-16-8-9(7-14-16)12(13(18)19)15-11(17)5-4-10-3-2-6-20-10/h2-3,6-8,12H,4-5H2,1H3,(H,15,17)(H,18,19). The molecule has 1 unspecified atom stereocenters. The van der Waals surface area contributed by atoms with E-state index in [-0.39, 0.29) is 12.3 Å². The molecule has 2 aromatic rings. The Morgan fingerprint density at radius 3 is 2.90 bits per heavy atom. The first-order chi connectivity index (χ1) is 9.56. The van der Waals surface area contributed by atoms with E-state index >= 15 is 0 Å². The van der Waals surface area contributed by atoms with Crippen LogP contribution in [0.15, 0.2) is 29.9 Å². The maximum Gasteiger partial charge on any atom is 0.331 e. The van der Waals surface area contributed by atoms with Crippen LogP contribution in [0.1, 0.15) is 22.9 Å². The molecule has 2 aromatic heterocycles. The number of thiophene rings is 1. The van der Waals surface area contributed by atoms with Gasteiger partial charge in [-0.05, 0) is 17.9 Å². The second-order valence-electron chi connectivity index (χ2n) is 4.37. The van der Waals surface area contributed by atoms with Crippen LogP contribution in [0.25, 0.3) is 0 Å². The number of amides is 1. The number of hydrogen-bond donors (Lipinski definition) is 2. The lowest BCUT2D eigenvalue weighted by atomic mass is 10.1. The van der Waals surface area contributed by atoms with Gasteiger partial charge in [-0.3, -0.25) is 9.48 Å². The molecule has 0 aliphatic heterocycles. The Bertz CT molecular complexity index is 592. The van der Waals surface area contributed by atoms with Crippen LogP contribution in [0.3, 0.4) is 0 Å². The summed E-state index contributed by atoms with van der Waals surface area (Å²) in [7, 11) is 1.70. The highest BCUT2D eigenvalue weighted by molar-refractivity contribution is 7.09. The molecule has 0 aliphatic carbocycles. The Morgan fingerprint density at radius 1 is 1.55 bits per heavy atom. The molecule has 20 heavy (non-hydrogen) atoms. The Kier molecular flexibility index (Phi) is 4.52. The van der Waals surface area contributed by atoms with Crippen LogP contribution in [0, 0.1) is 0 Å². The largest absolute Gasteiger partial charge is 0.479 e. The summed E-state index contributed by atoms with van der Waals surface area (Å²) < 4.78 is 1.50. The van der Waals surface area contributed by atoms with E-state index in [0.29, 0.717) is 12.0 Å². The van der Waals surface area contributed by atoms with E-state index < -0.39 is 12.0 Å². The van der Waals surface area contributed by atoms with Gasteiger partial charge in [0.2, 0.25) is 5.91 Å². The van der Waals surface area contributed by atoms with Crippen LogP contribution < -0.4 is 5.32 Å². The van der Waals surface area contributed by atoms with Crippen LogP contribution in [0.5, 0.6) is 0 Å². The zero-order valence-corrected chi connectivity index (χ0v) is 11.8. The van der Waals surface area contributed by atoms with Gasteiger partial charge in [-0.1, -0.05) is 6.07 Å². The number of nitrogens with one attached hydrogen (secondary N) is 1. The lowest BCUT2D eigenvalue weighted by Gasteiger charge is -2.12. The molecular formula is C13H15N3O3S. The highest BCUT2D eigenvalue weighted by Gasteiger charge is 2.23. The number of aryl methyl sites for hydroxylation is 2. The first kappa shape index (κ1) is 14.3. The Balaban J connectivity index is 1.94. The monoisotopic (exact) mass is 293 g/mol. The van der Waals surface area contributed by atoms with E-state index in [1.807, 2.05) is 17.5 Å². The maximum atomic E-state index is 11.8. The topological polar surface area (TPSA) is 84.2 Å². The lowest BCUT2D eigenvalue weighted by Crippen LogP contribution is -2.33. The molecule has 2 N–H and O–H groups in total. The number of aromatic nitrogens is 2. The van der Waals surface area contributed by atoms with Gasteiger partial charge in [0.25, 0.3) is 0 Å². The van der Waals surface area contributed by atoms with Gasteiger partial charge in [0, 0.05) is 30.1 Å². The molecule has 7 heteroatoms. The average Bonchev–Trinajstić information content (AvgIpc) is 3.04. The predicted molar refractivity (Wildman–Crippen MR) is 74.4 cm³/mol. The molecule has 0 fully saturated rings. The van der Waals surface area contributed by atoms with Gasteiger partial charge >= 0.3 is 5.97 Å². The van der Waals surface area contributed by atoms with Crippen molar-refractivity contribution in [2.45, 2.75) is 18.9 Å². The van der Waals surface area contributed by atoms with Crippen molar-refractivity contribution >= 4 is 23.2 Å². The van der Waals surface area contributed by atoms with Gasteiger partial charge in [0.15, 0.2) is 6.04 Å². The summed E-state index contributed by atoms with van der Waals surface area (Å²) >= 11 is 1.58. The predicted octanol–water partition coefficient (Wildman–Crippen LogP) is 1.36. The van der Waals surface area contributed by atoms with Crippen LogP contribution in [-0.2, 0) is 23.1 Å². The molecule has 0 radical (unpaired) electrons. The second-order valence-corrected chi connectivity index (χ2v) is 5.40. The molecule has 2 rings (SSSR count). The number of rotatable bonds is 6. The van der Waals surface area contributed by atoms with E-state index in [9.17, 15) is 14.7 Å². The fourth-order valence-electron chi connectivity index (χ4n) is 1.80. The van der Waals surface area contributed by atoms with Gasteiger partial charge in [0.1, 0.15) is 0 Å². The van der Waals surface area contributed by atoms with Gasteiger partial charge < -0.3 is 10.4 Å². The number of carbonyl (C=O) groups excluding carboxylic acids is 1. The summed E-state index contributed by atoms with van der Waals surface area (Å²) in [6.45, 7) is 0. The van der Waals surface area contributed by atoms with Crippen molar-refractivity contribution in [3.05, 3.63) is 40.3 Å². The van der Waals surface area contributed by atoms with E-state index in [1.54, 1.807) is 24.6 Å². The summed E-state index contributed by atoms with van der Waals surface area (Å²) in [5.41, 5.74) is 0.462. The number of carboxylic acid groups (broad SMARTS) is 1. The third-order valence-corrected chi connectivity index (χ3v) is 3.73. The lowest BCUT2D eigenvalue weighted by molar-refractivity contribution is -0.142. The van der Waals surface area contributed by atoms with Crippen molar-refractivity contribution in [2.75, 3.05) is 0 Å². The highest BCUT2D eigenvalue weighted by atomic mass is 32.1. The van der Waals surface area contributed by atoms with Crippen molar-refractivity contribution in [1.82, 2.24) is 15.1 Å². The van der Waals surface area contributed by atoms with Crippen molar-refractivity contribution < 1.29 is 14.7 Å². The Hall–Kier alpha value is -2.15. The quantitative estimate of drug-likeness (QED) is 0.842. The number of carbonyl (C=O) groups is 2. The van der Waals surface area contributed by atoms with Crippen LogP contribution in [0.4, 0.5) is 0 Å². The molecule has 2 heterocycles. The molecule has 0 saturated heterocycles. The average molecular weight is 293 g/mol. The highest BCUT2D eigenvalue weighted by Crippen LogP contribution is 2.14. The molecule has 6 nitrogen and oxygen atoms in total. The third-order valence-electron chi connectivity index (χ3n) is 2.79. The van der Waals surface area contributed by atoms with E-state index in [0.717, 1.165) is 4.88 Å². The van der Waals surface area contributed by atoms with Gasteiger partial charge in [-0.15, -0.1) is 11.3 Å². The summed E-state index contributed by atoms with van der Waals surface area (Å²) in [5.74, 6) is -1.38. The van der Waals surface area contributed by atoms with E-state index in [1.165, 1.54) is 10.9 Å². The van der Waals surface area contributed by atoms with E-state index in [2.05, 4.69) is 10.4 Å². The van der Waals surface area contributed by atoms with Gasteiger partial charge in [-0.25, -0.2) is 4.79 Å². The van der Waals surface area contributed by atoms with E-state index in [4.69, 9.17) is 0 Å². The fourth-order valence-corrected chi connectivity index (χ4v) is 2.51. The molecule has 0 aromatic carbocycles. The zero-order valence-electron chi connectivity index (χ0n) is 10.9. The van der Waals surface area contributed by atoms with Crippen molar-refractivity contribution in [1.29, 1.82) is 0 Å². The summed E-state index contributed by atoms with van der Waals surface area (Å²) in [6.07, 6.45) is 3.91.